The molecule has 3 aromatic rings. The number of ketones is 1. The zero-order valence-corrected chi connectivity index (χ0v) is 21.1. The van der Waals surface area contributed by atoms with E-state index in [0.717, 1.165) is 16.9 Å². The Bertz CT molecular complexity index is 1430. The van der Waals surface area contributed by atoms with E-state index in [2.05, 4.69) is 0 Å². The van der Waals surface area contributed by atoms with E-state index in [1.54, 1.807) is 49.4 Å². The number of carbonyl (C=O) groups excluding carboxylic acids is 2. The van der Waals surface area contributed by atoms with Gasteiger partial charge < -0.3 is 24.6 Å². The van der Waals surface area contributed by atoms with Gasteiger partial charge in [-0.15, -0.1) is 0 Å². The van der Waals surface area contributed by atoms with Crippen LogP contribution in [-0.4, -0.2) is 46.1 Å². The number of Topliss-reactive ketones (excluding diaryl/α,β-unsaturated/α-hetero) is 1. The van der Waals surface area contributed by atoms with Crippen molar-refractivity contribution in [1.82, 2.24) is 4.90 Å². The first kappa shape index (κ1) is 25.3. The highest BCUT2D eigenvalue weighted by molar-refractivity contribution is 6.46. The maximum absolute atomic E-state index is 13.4. The number of hydrogen-bond acceptors (Lipinski definition) is 6. The lowest BCUT2D eigenvalue weighted by molar-refractivity contribution is -0.139. The fourth-order valence-corrected chi connectivity index (χ4v) is 5.05. The molecule has 38 heavy (non-hydrogen) atoms. The minimum Gasteiger partial charge on any atom is -0.507 e. The van der Waals surface area contributed by atoms with Crippen LogP contribution in [0, 0.1) is 5.82 Å². The molecule has 5 rings (SSSR count). The Morgan fingerprint density at radius 3 is 2.61 bits per heavy atom. The van der Waals surface area contributed by atoms with Crippen LogP contribution in [0.4, 0.5) is 4.39 Å². The lowest BCUT2D eigenvalue weighted by Crippen LogP contribution is -2.31. The van der Waals surface area contributed by atoms with Gasteiger partial charge >= 0.3 is 0 Å². The number of nitrogens with zero attached hydrogens (tertiary/aromatic N) is 1. The number of amides is 1. The first-order valence-electron chi connectivity index (χ1n) is 12.5. The highest BCUT2D eigenvalue weighted by Gasteiger charge is 2.46. The van der Waals surface area contributed by atoms with Crippen LogP contribution in [0.15, 0.2) is 66.2 Å². The molecule has 1 amide bonds. The van der Waals surface area contributed by atoms with Gasteiger partial charge in [0.15, 0.2) is 11.5 Å². The Kier molecular flexibility index (Phi) is 6.80. The number of hydrogen-bond donors (Lipinski definition) is 2. The van der Waals surface area contributed by atoms with Gasteiger partial charge in [0, 0.05) is 18.5 Å². The Labute approximate surface area is 219 Å². The van der Waals surface area contributed by atoms with Gasteiger partial charge in [0.2, 0.25) is 0 Å². The summed E-state index contributed by atoms with van der Waals surface area (Å²) in [6.45, 7) is 4.18. The normalized spacial score (nSPS) is 19.9. The van der Waals surface area contributed by atoms with Gasteiger partial charge in [0.25, 0.3) is 11.7 Å². The Morgan fingerprint density at radius 2 is 1.87 bits per heavy atom. The lowest BCUT2D eigenvalue weighted by Gasteiger charge is -2.26. The van der Waals surface area contributed by atoms with Crippen molar-refractivity contribution in [2.45, 2.75) is 38.8 Å². The van der Waals surface area contributed by atoms with Gasteiger partial charge in [-0.25, -0.2) is 4.39 Å². The summed E-state index contributed by atoms with van der Waals surface area (Å²) in [4.78, 5) is 28.1. The number of aromatic hydroxyl groups is 1. The molecule has 2 atom stereocenters. The van der Waals surface area contributed by atoms with Gasteiger partial charge in [-0.2, -0.15) is 0 Å². The fourth-order valence-electron chi connectivity index (χ4n) is 5.05. The standard InChI is InChI=1S/C30H28FNO6/c1-3-37-25-16-19(6-10-23(25)33)27-26(28(34)20-7-11-24-21(15-20)14-17(2)38-24)29(35)30(36)32(27)13-12-18-4-8-22(31)9-5-18/h4-11,15-17,27,33-34H,3,12-14H2,1-2H3/b28-26+. The van der Waals surface area contributed by atoms with Gasteiger partial charge in [-0.05, 0) is 79.4 Å². The molecule has 8 heteroatoms. The molecule has 1 saturated heterocycles. The quantitative estimate of drug-likeness (QED) is 0.263. The molecule has 0 aliphatic carbocycles. The number of carbonyl (C=O) groups is 2. The molecule has 0 aromatic heterocycles. The summed E-state index contributed by atoms with van der Waals surface area (Å²) in [5.41, 5.74) is 2.57. The molecule has 3 aromatic carbocycles. The predicted molar refractivity (Wildman–Crippen MR) is 139 cm³/mol. The monoisotopic (exact) mass is 517 g/mol. The zero-order chi connectivity index (χ0) is 27.0. The van der Waals surface area contributed by atoms with Crippen molar-refractivity contribution in [2.24, 2.45) is 0 Å². The van der Waals surface area contributed by atoms with Crippen LogP contribution in [0.25, 0.3) is 5.76 Å². The number of phenolic OH excluding ortho intramolecular Hbond substituents is 1. The first-order valence-corrected chi connectivity index (χ1v) is 12.5. The summed E-state index contributed by atoms with van der Waals surface area (Å²) in [5.74, 6) is -1.35. The smallest absolute Gasteiger partial charge is 0.295 e. The van der Waals surface area contributed by atoms with Crippen LogP contribution in [0.3, 0.4) is 0 Å². The molecular weight excluding hydrogens is 489 g/mol. The van der Waals surface area contributed by atoms with Crippen LogP contribution in [0.2, 0.25) is 0 Å². The summed E-state index contributed by atoms with van der Waals surface area (Å²) >= 11 is 0. The summed E-state index contributed by atoms with van der Waals surface area (Å²) in [7, 11) is 0. The van der Waals surface area contributed by atoms with Crippen LogP contribution in [0.5, 0.6) is 17.2 Å². The van der Waals surface area contributed by atoms with E-state index in [4.69, 9.17) is 9.47 Å². The number of aliphatic hydroxyl groups excluding tert-OH is 1. The van der Waals surface area contributed by atoms with E-state index in [1.165, 1.54) is 23.1 Å². The molecule has 0 spiro atoms. The second kappa shape index (κ2) is 10.2. The van der Waals surface area contributed by atoms with Gasteiger partial charge in [0.05, 0.1) is 18.2 Å². The van der Waals surface area contributed by atoms with Gasteiger partial charge in [-0.1, -0.05) is 18.2 Å². The largest absolute Gasteiger partial charge is 0.507 e. The average molecular weight is 518 g/mol. The predicted octanol–water partition coefficient (Wildman–Crippen LogP) is 4.92. The second-order valence-corrected chi connectivity index (χ2v) is 9.48. The van der Waals surface area contributed by atoms with E-state index in [1.807, 2.05) is 6.92 Å². The molecule has 2 unspecified atom stereocenters. The second-order valence-electron chi connectivity index (χ2n) is 9.48. The van der Waals surface area contributed by atoms with Crippen molar-refractivity contribution in [3.05, 3.63) is 94.3 Å². The van der Waals surface area contributed by atoms with Gasteiger partial charge in [-0.3, -0.25) is 9.59 Å². The Balaban J connectivity index is 1.59. The van der Waals surface area contributed by atoms with E-state index < -0.39 is 17.7 Å². The molecule has 2 N–H and O–H groups in total. The van der Waals surface area contributed by atoms with Crippen molar-refractivity contribution in [1.29, 1.82) is 0 Å². The first-order chi connectivity index (χ1) is 18.3. The summed E-state index contributed by atoms with van der Waals surface area (Å²) < 4.78 is 24.7. The summed E-state index contributed by atoms with van der Waals surface area (Å²) in [6.07, 6.45) is 1.05. The number of aliphatic hydroxyl groups is 1. The molecule has 2 aliphatic heterocycles. The molecule has 1 fully saturated rings. The maximum Gasteiger partial charge on any atom is 0.295 e. The average Bonchev–Trinajstić information content (AvgIpc) is 3.40. The number of likely N-dealkylation sites (tertiary alicyclic amines) is 1. The van der Waals surface area contributed by atoms with Crippen molar-refractivity contribution in [2.75, 3.05) is 13.2 Å². The number of rotatable bonds is 7. The SMILES string of the molecule is CCOc1cc(C2/C(=C(\O)c3ccc4c(c3)CC(C)O4)C(=O)C(=O)N2CCc2ccc(F)cc2)ccc1O. The van der Waals surface area contributed by atoms with Gasteiger partial charge in [0.1, 0.15) is 23.4 Å². The highest BCUT2D eigenvalue weighted by atomic mass is 19.1. The van der Waals surface area contributed by atoms with Crippen LogP contribution in [-0.2, 0) is 22.4 Å². The summed E-state index contributed by atoms with van der Waals surface area (Å²) in [5, 5.41) is 21.7. The van der Waals surface area contributed by atoms with Crippen LogP contribution in [0.1, 0.15) is 42.1 Å². The maximum atomic E-state index is 13.4. The Morgan fingerprint density at radius 1 is 1.11 bits per heavy atom. The van der Waals surface area contributed by atoms with Crippen molar-refractivity contribution < 1.29 is 33.7 Å². The molecule has 2 heterocycles. The number of ether oxygens (including phenoxy) is 2. The van der Waals surface area contributed by atoms with Crippen LogP contribution >= 0.6 is 0 Å². The molecule has 0 bridgehead atoms. The van der Waals surface area contributed by atoms with E-state index in [-0.39, 0.29) is 41.3 Å². The summed E-state index contributed by atoms with van der Waals surface area (Å²) in [6, 6.07) is 14.8. The molecule has 2 aliphatic rings. The molecule has 7 nitrogen and oxygen atoms in total. The Hall–Kier alpha value is -4.33. The minimum atomic E-state index is -0.918. The third kappa shape index (κ3) is 4.69. The van der Waals surface area contributed by atoms with Crippen molar-refractivity contribution in [3.8, 4) is 17.2 Å². The van der Waals surface area contributed by atoms with E-state index in [0.29, 0.717) is 30.6 Å². The van der Waals surface area contributed by atoms with E-state index in [9.17, 15) is 24.2 Å². The highest BCUT2D eigenvalue weighted by Crippen LogP contribution is 2.42. The third-order valence-electron chi connectivity index (χ3n) is 6.86. The molecule has 0 radical (unpaired) electrons. The van der Waals surface area contributed by atoms with Crippen LogP contribution < -0.4 is 9.47 Å². The lowest BCUT2D eigenvalue weighted by atomic mass is 9.94. The number of phenols is 1. The third-order valence-corrected chi connectivity index (χ3v) is 6.86. The zero-order valence-electron chi connectivity index (χ0n) is 21.1. The topological polar surface area (TPSA) is 96.3 Å². The number of benzene rings is 3. The molecule has 0 saturated carbocycles. The van der Waals surface area contributed by atoms with Crippen molar-refractivity contribution >= 4 is 17.4 Å². The molecule has 196 valence electrons. The van der Waals surface area contributed by atoms with Crippen molar-refractivity contribution in [3.63, 3.8) is 0 Å². The number of fused-ring (bicyclic) bond motifs is 1. The molecular formula is C30H28FNO6. The van der Waals surface area contributed by atoms with E-state index >= 15 is 0 Å². The number of halogens is 1. The minimum absolute atomic E-state index is 0.00780. The fraction of sp³-hybridized carbons (Fsp3) is 0.267.